The van der Waals surface area contributed by atoms with Crippen molar-refractivity contribution in [1.82, 2.24) is 5.32 Å². The van der Waals surface area contributed by atoms with Crippen LogP contribution in [0.1, 0.15) is 31.2 Å². The monoisotopic (exact) mass is 268 g/mol. The van der Waals surface area contributed by atoms with Gasteiger partial charge in [0.15, 0.2) is 0 Å². The summed E-state index contributed by atoms with van der Waals surface area (Å²) in [6, 6.07) is 15.6. The van der Waals surface area contributed by atoms with Gasteiger partial charge in [0.1, 0.15) is 0 Å². The van der Waals surface area contributed by atoms with Crippen LogP contribution in [0.15, 0.2) is 42.5 Å². The Labute approximate surface area is 121 Å². The van der Waals surface area contributed by atoms with Gasteiger partial charge in [-0.25, -0.2) is 0 Å². The third kappa shape index (κ3) is 3.20. The van der Waals surface area contributed by atoms with Crippen molar-refractivity contribution in [2.24, 2.45) is 11.7 Å². The second-order valence-corrected chi connectivity index (χ2v) is 6.05. The van der Waals surface area contributed by atoms with Crippen LogP contribution in [0.25, 0.3) is 10.8 Å². The number of nitrogens with two attached hydrogens (primary N) is 1. The minimum absolute atomic E-state index is 0.448. The van der Waals surface area contributed by atoms with E-state index in [-0.39, 0.29) is 0 Å². The van der Waals surface area contributed by atoms with Gasteiger partial charge in [-0.3, -0.25) is 0 Å². The SMILES string of the molecule is NC1CCC(CNCc2cccc3ccccc23)CC1. The van der Waals surface area contributed by atoms with Crippen LogP contribution >= 0.6 is 0 Å². The average Bonchev–Trinajstić information content (AvgIpc) is 2.49. The maximum Gasteiger partial charge on any atom is 0.0211 e. The van der Waals surface area contributed by atoms with E-state index >= 15 is 0 Å². The van der Waals surface area contributed by atoms with Gasteiger partial charge in [0.25, 0.3) is 0 Å². The molecule has 1 aliphatic carbocycles. The van der Waals surface area contributed by atoms with Crippen LogP contribution in [0.4, 0.5) is 0 Å². The van der Waals surface area contributed by atoms with E-state index in [1.54, 1.807) is 0 Å². The van der Waals surface area contributed by atoms with E-state index in [9.17, 15) is 0 Å². The topological polar surface area (TPSA) is 38.0 Å². The first kappa shape index (κ1) is 13.6. The Bertz CT molecular complexity index is 551. The van der Waals surface area contributed by atoms with Crippen LogP contribution in [-0.4, -0.2) is 12.6 Å². The second kappa shape index (κ2) is 6.38. The molecule has 20 heavy (non-hydrogen) atoms. The first-order valence-corrected chi connectivity index (χ1v) is 7.76. The van der Waals surface area contributed by atoms with E-state index in [0.29, 0.717) is 6.04 Å². The molecular formula is C18H24N2. The lowest BCUT2D eigenvalue weighted by Crippen LogP contribution is -2.31. The quantitative estimate of drug-likeness (QED) is 0.891. The molecule has 2 aromatic carbocycles. The lowest BCUT2D eigenvalue weighted by atomic mass is 9.86. The predicted molar refractivity (Wildman–Crippen MR) is 85.6 cm³/mol. The van der Waals surface area contributed by atoms with Gasteiger partial charge in [-0.05, 0) is 54.5 Å². The smallest absolute Gasteiger partial charge is 0.0211 e. The summed E-state index contributed by atoms with van der Waals surface area (Å²) in [7, 11) is 0. The molecule has 0 unspecified atom stereocenters. The molecule has 0 amide bonds. The lowest BCUT2D eigenvalue weighted by molar-refractivity contribution is 0.314. The minimum atomic E-state index is 0.448. The first-order chi connectivity index (χ1) is 9.83. The van der Waals surface area contributed by atoms with E-state index in [1.807, 2.05) is 0 Å². The Kier molecular flexibility index (Phi) is 4.34. The largest absolute Gasteiger partial charge is 0.328 e. The molecule has 1 saturated carbocycles. The van der Waals surface area contributed by atoms with Crippen molar-refractivity contribution in [3.8, 4) is 0 Å². The summed E-state index contributed by atoms with van der Waals surface area (Å²) in [4.78, 5) is 0. The third-order valence-corrected chi connectivity index (χ3v) is 4.52. The maximum atomic E-state index is 5.96. The molecule has 106 valence electrons. The van der Waals surface area contributed by atoms with Gasteiger partial charge in [-0.1, -0.05) is 42.5 Å². The molecule has 2 heteroatoms. The highest BCUT2D eigenvalue weighted by Gasteiger charge is 2.17. The number of fused-ring (bicyclic) bond motifs is 1. The average molecular weight is 268 g/mol. The van der Waals surface area contributed by atoms with Crippen molar-refractivity contribution in [3.05, 3.63) is 48.0 Å². The van der Waals surface area contributed by atoms with E-state index in [0.717, 1.165) is 19.0 Å². The number of nitrogens with one attached hydrogen (secondary N) is 1. The summed E-state index contributed by atoms with van der Waals surface area (Å²) in [5.41, 5.74) is 7.36. The van der Waals surface area contributed by atoms with Gasteiger partial charge in [-0.15, -0.1) is 0 Å². The highest BCUT2D eigenvalue weighted by molar-refractivity contribution is 5.85. The molecule has 2 nitrogen and oxygen atoms in total. The van der Waals surface area contributed by atoms with Crippen LogP contribution in [0.2, 0.25) is 0 Å². The molecule has 1 aliphatic rings. The molecule has 0 heterocycles. The van der Waals surface area contributed by atoms with Crippen LogP contribution in [-0.2, 0) is 6.54 Å². The maximum absolute atomic E-state index is 5.96. The van der Waals surface area contributed by atoms with Crippen LogP contribution in [0.5, 0.6) is 0 Å². The van der Waals surface area contributed by atoms with Crippen molar-refractivity contribution in [2.45, 2.75) is 38.3 Å². The Balaban J connectivity index is 1.57. The molecule has 0 bridgehead atoms. The van der Waals surface area contributed by atoms with Gasteiger partial charge in [0.2, 0.25) is 0 Å². The molecule has 0 radical (unpaired) electrons. The van der Waals surface area contributed by atoms with Gasteiger partial charge < -0.3 is 11.1 Å². The summed E-state index contributed by atoms with van der Waals surface area (Å²) < 4.78 is 0. The standard InChI is InChI=1S/C18H24N2/c19-17-10-8-14(9-11-17)12-20-13-16-6-3-5-15-4-1-2-7-18(15)16/h1-7,14,17,20H,8-13,19H2. The Morgan fingerprint density at radius 3 is 2.55 bits per heavy atom. The summed E-state index contributed by atoms with van der Waals surface area (Å²) in [5.74, 6) is 0.810. The van der Waals surface area contributed by atoms with Crippen LogP contribution in [0, 0.1) is 5.92 Å². The van der Waals surface area contributed by atoms with Gasteiger partial charge in [-0.2, -0.15) is 0 Å². The normalized spacial score (nSPS) is 23.1. The van der Waals surface area contributed by atoms with Crippen molar-refractivity contribution in [2.75, 3.05) is 6.54 Å². The summed E-state index contributed by atoms with van der Waals surface area (Å²) in [6.07, 6.45) is 4.95. The molecule has 2 aromatic rings. The molecule has 0 aliphatic heterocycles. The number of benzene rings is 2. The zero-order valence-electron chi connectivity index (χ0n) is 12.0. The van der Waals surface area contributed by atoms with E-state index in [4.69, 9.17) is 5.73 Å². The fraction of sp³-hybridized carbons (Fsp3) is 0.444. The summed E-state index contributed by atoms with van der Waals surface area (Å²) in [6.45, 7) is 2.08. The summed E-state index contributed by atoms with van der Waals surface area (Å²) in [5, 5.41) is 6.34. The van der Waals surface area contributed by atoms with E-state index < -0.39 is 0 Å². The van der Waals surface area contributed by atoms with Gasteiger partial charge in [0.05, 0.1) is 0 Å². The Hall–Kier alpha value is -1.38. The molecule has 0 saturated heterocycles. The Morgan fingerprint density at radius 2 is 1.70 bits per heavy atom. The summed E-state index contributed by atoms with van der Waals surface area (Å²) >= 11 is 0. The fourth-order valence-corrected chi connectivity index (χ4v) is 3.25. The van der Waals surface area contributed by atoms with Crippen molar-refractivity contribution in [1.29, 1.82) is 0 Å². The number of rotatable bonds is 4. The molecule has 0 atom stereocenters. The zero-order valence-corrected chi connectivity index (χ0v) is 12.0. The van der Waals surface area contributed by atoms with Crippen molar-refractivity contribution < 1.29 is 0 Å². The van der Waals surface area contributed by atoms with E-state index in [1.165, 1.54) is 42.0 Å². The molecule has 0 aromatic heterocycles. The van der Waals surface area contributed by atoms with Gasteiger partial charge >= 0.3 is 0 Å². The zero-order chi connectivity index (χ0) is 13.8. The highest BCUT2D eigenvalue weighted by atomic mass is 14.9. The lowest BCUT2D eigenvalue weighted by Gasteiger charge is -2.26. The fourth-order valence-electron chi connectivity index (χ4n) is 3.25. The number of hydrogen-bond acceptors (Lipinski definition) is 2. The van der Waals surface area contributed by atoms with Crippen LogP contribution < -0.4 is 11.1 Å². The third-order valence-electron chi connectivity index (χ3n) is 4.52. The van der Waals surface area contributed by atoms with Crippen molar-refractivity contribution in [3.63, 3.8) is 0 Å². The van der Waals surface area contributed by atoms with Gasteiger partial charge in [0, 0.05) is 12.6 Å². The molecule has 3 rings (SSSR count). The second-order valence-electron chi connectivity index (χ2n) is 6.05. The molecule has 0 spiro atoms. The number of hydrogen-bond donors (Lipinski definition) is 2. The molecular weight excluding hydrogens is 244 g/mol. The highest BCUT2D eigenvalue weighted by Crippen LogP contribution is 2.23. The van der Waals surface area contributed by atoms with Crippen LogP contribution in [0.3, 0.4) is 0 Å². The predicted octanol–water partition coefficient (Wildman–Crippen LogP) is 3.45. The van der Waals surface area contributed by atoms with Crippen molar-refractivity contribution >= 4 is 10.8 Å². The minimum Gasteiger partial charge on any atom is -0.328 e. The Morgan fingerprint density at radius 1 is 0.950 bits per heavy atom. The first-order valence-electron chi connectivity index (χ1n) is 7.76. The van der Waals surface area contributed by atoms with E-state index in [2.05, 4.69) is 47.8 Å². The molecule has 1 fully saturated rings. The molecule has 3 N–H and O–H groups in total.